The summed E-state index contributed by atoms with van der Waals surface area (Å²) in [4.78, 5) is 4.92. The van der Waals surface area contributed by atoms with E-state index in [0.717, 1.165) is 38.4 Å². The van der Waals surface area contributed by atoms with Crippen molar-refractivity contribution in [1.82, 2.24) is 20.0 Å². The van der Waals surface area contributed by atoms with Gasteiger partial charge in [-0.05, 0) is 33.4 Å². The molecule has 1 saturated heterocycles. The van der Waals surface area contributed by atoms with E-state index >= 15 is 0 Å². The summed E-state index contributed by atoms with van der Waals surface area (Å²) in [7, 11) is 4.28. The van der Waals surface area contributed by atoms with E-state index in [2.05, 4.69) is 66.7 Å². The van der Waals surface area contributed by atoms with Crippen molar-refractivity contribution in [2.24, 2.45) is 13.0 Å². The normalized spacial score (nSPS) is 20.5. The Bertz CT molecular complexity index is 465. The van der Waals surface area contributed by atoms with Crippen molar-refractivity contribution in [2.45, 2.75) is 40.3 Å². The summed E-state index contributed by atoms with van der Waals surface area (Å²) in [6.45, 7) is 14.1. The Morgan fingerprint density at radius 3 is 2.62 bits per heavy atom. The summed E-state index contributed by atoms with van der Waals surface area (Å²) in [6.07, 6.45) is 0. The number of aryl methyl sites for hydroxylation is 2. The number of aromatic nitrogens is 2. The van der Waals surface area contributed by atoms with E-state index in [9.17, 15) is 0 Å². The molecule has 1 unspecified atom stereocenters. The summed E-state index contributed by atoms with van der Waals surface area (Å²) in [6, 6.07) is 0.588. The summed E-state index contributed by atoms with van der Waals surface area (Å²) < 4.78 is 2.06. The van der Waals surface area contributed by atoms with Crippen molar-refractivity contribution in [3.63, 3.8) is 0 Å². The maximum atomic E-state index is 4.65. The molecule has 1 aromatic heterocycles. The van der Waals surface area contributed by atoms with Crippen LogP contribution in [0.2, 0.25) is 0 Å². The molecule has 0 amide bonds. The molecule has 1 aromatic rings. The lowest BCUT2D eigenvalue weighted by Gasteiger charge is -2.39. The van der Waals surface area contributed by atoms with Gasteiger partial charge in [0.1, 0.15) is 5.82 Å². The van der Waals surface area contributed by atoms with Crippen LogP contribution < -0.4 is 10.2 Å². The predicted molar refractivity (Wildman–Crippen MR) is 88.8 cm³/mol. The van der Waals surface area contributed by atoms with Crippen LogP contribution in [0.5, 0.6) is 0 Å². The van der Waals surface area contributed by atoms with Crippen LogP contribution in [-0.2, 0) is 13.6 Å². The van der Waals surface area contributed by atoms with Gasteiger partial charge in [-0.2, -0.15) is 5.10 Å². The Kier molecular flexibility index (Phi) is 5.27. The van der Waals surface area contributed by atoms with E-state index in [4.69, 9.17) is 0 Å². The van der Waals surface area contributed by atoms with Gasteiger partial charge in [-0.3, -0.25) is 4.68 Å². The highest BCUT2D eigenvalue weighted by Gasteiger charge is 2.25. The third-order valence-electron chi connectivity index (χ3n) is 4.43. The quantitative estimate of drug-likeness (QED) is 0.895. The fraction of sp³-hybridized carbons (Fsp3) is 0.812. The molecule has 0 aliphatic carbocycles. The highest BCUT2D eigenvalue weighted by Crippen LogP contribution is 2.25. The van der Waals surface area contributed by atoms with Gasteiger partial charge >= 0.3 is 0 Å². The number of hydrogen-bond acceptors (Lipinski definition) is 4. The van der Waals surface area contributed by atoms with E-state index in [1.54, 1.807) is 0 Å². The maximum absolute atomic E-state index is 4.65. The fourth-order valence-electron chi connectivity index (χ4n) is 3.02. The van der Waals surface area contributed by atoms with Crippen LogP contribution in [0.15, 0.2) is 0 Å². The molecule has 120 valence electrons. The maximum Gasteiger partial charge on any atom is 0.131 e. The van der Waals surface area contributed by atoms with Gasteiger partial charge in [-0.1, -0.05) is 13.8 Å². The van der Waals surface area contributed by atoms with Crippen molar-refractivity contribution in [3.05, 3.63) is 11.3 Å². The molecule has 5 nitrogen and oxygen atoms in total. The summed E-state index contributed by atoms with van der Waals surface area (Å²) >= 11 is 0. The molecule has 1 fully saturated rings. The number of anilines is 1. The molecule has 0 bridgehead atoms. The number of hydrogen-bond donors (Lipinski definition) is 1. The van der Waals surface area contributed by atoms with E-state index in [1.165, 1.54) is 11.4 Å². The second-order valence-corrected chi connectivity index (χ2v) is 6.81. The Hall–Kier alpha value is -1.07. The van der Waals surface area contributed by atoms with Gasteiger partial charge in [0.05, 0.1) is 5.69 Å². The van der Waals surface area contributed by atoms with E-state index in [0.29, 0.717) is 12.0 Å². The minimum absolute atomic E-state index is 0.588. The van der Waals surface area contributed by atoms with Gasteiger partial charge in [-0.25, -0.2) is 0 Å². The molecule has 0 spiro atoms. The first kappa shape index (κ1) is 16.3. The third kappa shape index (κ3) is 3.77. The monoisotopic (exact) mass is 293 g/mol. The topological polar surface area (TPSA) is 36.3 Å². The second-order valence-electron chi connectivity index (χ2n) is 6.81. The Morgan fingerprint density at radius 1 is 1.29 bits per heavy atom. The van der Waals surface area contributed by atoms with E-state index in [1.807, 2.05) is 0 Å². The Labute approximate surface area is 129 Å². The van der Waals surface area contributed by atoms with Gasteiger partial charge in [0, 0.05) is 44.8 Å². The molecule has 0 radical (unpaired) electrons. The van der Waals surface area contributed by atoms with Crippen molar-refractivity contribution in [2.75, 3.05) is 38.1 Å². The lowest BCUT2D eigenvalue weighted by Crippen LogP contribution is -2.50. The van der Waals surface area contributed by atoms with Crippen LogP contribution in [0.25, 0.3) is 0 Å². The number of piperazine rings is 1. The zero-order chi connectivity index (χ0) is 15.6. The molecule has 5 heteroatoms. The summed E-state index contributed by atoms with van der Waals surface area (Å²) in [5.41, 5.74) is 2.50. The first-order valence-corrected chi connectivity index (χ1v) is 8.08. The molecule has 2 heterocycles. The highest BCUT2D eigenvalue weighted by molar-refractivity contribution is 5.50. The molecule has 0 aromatic carbocycles. The minimum Gasteiger partial charge on any atom is -0.354 e. The molecule has 1 aliphatic heterocycles. The van der Waals surface area contributed by atoms with Crippen molar-refractivity contribution in [3.8, 4) is 0 Å². The Morgan fingerprint density at radius 2 is 2.00 bits per heavy atom. The molecule has 1 aliphatic rings. The lowest BCUT2D eigenvalue weighted by molar-refractivity contribution is 0.232. The van der Waals surface area contributed by atoms with Gasteiger partial charge < -0.3 is 15.1 Å². The van der Waals surface area contributed by atoms with Crippen LogP contribution in [0.3, 0.4) is 0 Å². The highest BCUT2D eigenvalue weighted by atomic mass is 15.4. The zero-order valence-corrected chi connectivity index (χ0v) is 14.5. The number of nitrogens with one attached hydrogen (secondary N) is 1. The average Bonchev–Trinajstić information content (AvgIpc) is 2.67. The first-order chi connectivity index (χ1) is 9.90. The predicted octanol–water partition coefficient (Wildman–Crippen LogP) is 1.61. The summed E-state index contributed by atoms with van der Waals surface area (Å²) in [5.74, 6) is 1.97. The first-order valence-electron chi connectivity index (χ1n) is 8.08. The zero-order valence-electron chi connectivity index (χ0n) is 14.5. The van der Waals surface area contributed by atoms with Gasteiger partial charge in [0.2, 0.25) is 0 Å². The van der Waals surface area contributed by atoms with Crippen LogP contribution >= 0.6 is 0 Å². The molecule has 1 N–H and O–H groups in total. The van der Waals surface area contributed by atoms with Crippen LogP contribution in [0, 0.1) is 12.8 Å². The molecule has 21 heavy (non-hydrogen) atoms. The molecular weight excluding hydrogens is 262 g/mol. The second kappa shape index (κ2) is 6.79. The number of nitrogens with zero attached hydrogens (tertiary/aromatic N) is 4. The van der Waals surface area contributed by atoms with Crippen LogP contribution in [0.1, 0.15) is 32.0 Å². The molecule has 2 rings (SSSR count). The number of rotatable bonds is 5. The van der Waals surface area contributed by atoms with Crippen molar-refractivity contribution < 1.29 is 0 Å². The smallest absolute Gasteiger partial charge is 0.131 e. The standard InChI is InChI=1S/C16H31N5/c1-12(2)9-17-10-15-14(4)18-20(6)16(15)21-8-7-19(5)13(3)11-21/h12-13,17H,7-11H2,1-6H3. The Balaban J connectivity index is 2.14. The van der Waals surface area contributed by atoms with Gasteiger partial charge in [0.25, 0.3) is 0 Å². The van der Waals surface area contributed by atoms with E-state index < -0.39 is 0 Å². The molecular formula is C16H31N5. The fourth-order valence-corrected chi connectivity index (χ4v) is 3.02. The number of likely N-dealkylation sites (N-methyl/N-ethyl adjacent to an activating group) is 1. The van der Waals surface area contributed by atoms with Crippen molar-refractivity contribution in [1.29, 1.82) is 0 Å². The van der Waals surface area contributed by atoms with Crippen molar-refractivity contribution >= 4 is 5.82 Å². The minimum atomic E-state index is 0.588. The largest absolute Gasteiger partial charge is 0.354 e. The summed E-state index contributed by atoms with van der Waals surface area (Å²) in [5, 5.41) is 8.21. The average molecular weight is 293 g/mol. The SMILES string of the molecule is Cc1nn(C)c(N2CCN(C)C(C)C2)c1CNCC(C)C. The lowest BCUT2D eigenvalue weighted by atomic mass is 10.1. The molecule has 1 atom stereocenters. The van der Waals surface area contributed by atoms with Crippen LogP contribution in [-0.4, -0.2) is 53.9 Å². The van der Waals surface area contributed by atoms with Crippen LogP contribution in [0.4, 0.5) is 5.82 Å². The molecule has 0 saturated carbocycles. The third-order valence-corrected chi connectivity index (χ3v) is 4.43. The van der Waals surface area contributed by atoms with Gasteiger partial charge in [-0.15, -0.1) is 0 Å². The van der Waals surface area contributed by atoms with Gasteiger partial charge in [0.15, 0.2) is 0 Å². The van der Waals surface area contributed by atoms with E-state index in [-0.39, 0.29) is 0 Å².